The summed E-state index contributed by atoms with van der Waals surface area (Å²) in [4.78, 5) is 13.8. The van der Waals surface area contributed by atoms with Gasteiger partial charge in [0.2, 0.25) is 0 Å². The molecule has 1 aromatic heterocycles. The molecule has 0 saturated carbocycles. The number of aromatic nitrogens is 1. The molecule has 1 rings (SSSR count). The van der Waals surface area contributed by atoms with Crippen LogP contribution in [0.5, 0.6) is 0 Å². The number of halogens is 4. The lowest BCUT2D eigenvalue weighted by molar-refractivity contribution is -0.138. The molecule has 0 aliphatic carbocycles. The molecule has 0 spiro atoms. The Balaban J connectivity index is 3.37. The summed E-state index contributed by atoms with van der Waals surface area (Å²) in [6.45, 7) is 0. The van der Waals surface area contributed by atoms with E-state index in [1.807, 2.05) is 0 Å². The zero-order valence-corrected chi connectivity index (χ0v) is 8.06. The summed E-state index contributed by atoms with van der Waals surface area (Å²) < 4.78 is 36.7. The van der Waals surface area contributed by atoms with Gasteiger partial charge in [-0.05, 0) is 22.0 Å². The van der Waals surface area contributed by atoms with Crippen molar-refractivity contribution in [3.05, 3.63) is 28.0 Å². The molecule has 0 bridgehead atoms. The summed E-state index contributed by atoms with van der Waals surface area (Å²) in [6, 6.07) is 0.811. The van der Waals surface area contributed by atoms with Crippen molar-refractivity contribution in [2.45, 2.75) is 6.18 Å². The predicted molar refractivity (Wildman–Crippen MR) is 43.9 cm³/mol. The van der Waals surface area contributed by atoms with Crippen LogP contribution in [0.15, 0.2) is 16.9 Å². The average molecular weight is 270 g/mol. The molecule has 1 N–H and O–H groups in total. The van der Waals surface area contributed by atoms with Gasteiger partial charge in [-0.1, -0.05) is 0 Å². The van der Waals surface area contributed by atoms with Gasteiger partial charge in [0.25, 0.3) is 0 Å². The van der Waals surface area contributed by atoms with Crippen molar-refractivity contribution < 1.29 is 23.1 Å². The van der Waals surface area contributed by atoms with Gasteiger partial charge in [0.1, 0.15) is 4.60 Å². The molecule has 7 heteroatoms. The molecule has 0 aromatic carbocycles. The van der Waals surface area contributed by atoms with Crippen molar-refractivity contribution in [1.29, 1.82) is 0 Å². The van der Waals surface area contributed by atoms with Crippen LogP contribution in [0.1, 0.15) is 15.9 Å². The largest absolute Gasteiger partial charge is 0.478 e. The zero-order chi connectivity index (χ0) is 10.9. The summed E-state index contributed by atoms with van der Waals surface area (Å²) >= 11 is 2.79. The number of carboxylic acid groups (broad SMARTS) is 1. The molecule has 0 saturated heterocycles. The van der Waals surface area contributed by atoms with Gasteiger partial charge in [-0.15, -0.1) is 0 Å². The van der Waals surface area contributed by atoms with E-state index >= 15 is 0 Å². The van der Waals surface area contributed by atoms with Gasteiger partial charge in [0.15, 0.2) is 0 Å². The lowest BCUT2D eigenvalue weighted by atomic mass is 10.1. The van der Waals surface area contributed by atoms with Crippen molar-refractivity contribution in [3.8, 4) is 0 Å². The van der Waals surface area contributed by atoms with Gasteiger partial charge in [0.05, 0.1) is 11.1 Å². The van der Waals surface area contributed by atoms with Gasteiger partial charge in [-0.2, -0.15) is 13.2 Å². The Morgan fingerprint density at radius 2 is 2.07 bits per heavy atom. The molecule has 0 fully saturated rings. The summed E-state index contributed by atoms with van der Waals surface area (Å²) in [7, 11) is 0. The molecule has 76 valence electrons. The van der Waals surface area contributed by atoms with Crippen LogP contribution in [0.3, 0.4) is 0 Å². The third-order valence-corrected chi connectivity index (χ3v) is 1.84. The van der Waals surface area contributed by atoms with Crippen molar-refractivity contribution in [1.82, 2.24) is 4.98 Å². The summed E-state index contributed by atoms with van der Waals surface area (Å²) in [5.74, 6) is -1.64. The van der Waals surface area contributed by atoms with E-state index in [9.17, 15) is 18.0 Å². The lowest BCUT2D eigenvalue weighted by Gasteiger charge is -2.09. The van der Waals surface area contributed by atoms with Crippen LogP contribution in [0.4, 0.5) is 13.2 Å². The maximum Gasteiger partial charge on any atom is 0.418 e. The van der Waals surface area contributed by atoms with E-state index in [0.717, 1.165) is 6.07 Å². The molecule has 3 nitrogen and oxygen atoms in total. The molecule has 14 heavy (non-hydrogen) atoms. The lowest BCUT2D eigenvalue weighted by Crippen LogP contribution is -2.13. The van der Waals surface area contributed by atoms with Gasteiger partial charge < -0.3 is 5.11 Å². The van der Waals surface area contributed by atoms with Crippen LogP contribution in [-0.4, -0.2) is 16.1 Å². The Morgan fingerprint density at radius 3 is 2.50 bits per heavy atom. The number of aromatic carboxylic acids is 1. The van der Waals surface area contributed by atoms with Crippen molar-refractivity contribution in [2.75, 3.05) is 0 Å². The standard InChI is InChI=1S/C7H3BrF3NO2/c8-5-1-3(6(13)14)4(2-12-5)7(9,10)11/h1-2H,(H,13,14). The molecule has 1 heterocycles. The highest BCUT2D eigenvalue weighted by Gasteiger charge is 2.35. The molecular weight excluding hydrogens is 267 g/mol. The van der Waals surface area contributed by atoms with Crippen molar-refractivity contribution >= 4 is 21.9 Å². The first-order valence-corrected chi connectivity index (χ1v) is 4.07. The normalized spacial score (nSPS) is 11.4. The smallest absolute Gasteiger partial charge is 0.418 e. The van der Waals surface area contributed by atoms with Crippen LogP contribution in [0.2, 0.25) is 0 Å². The second-order valence-corrected chi connectivity index (χ2v) is 3.17. The van der Waals surface area contributed by atoms with Crippen LogP contribution in [-0.2, 0) is 6.18 Å². The molecule has 0 radical (unpaired) electrons. The number of pyridine rings is 1. The molecule has 0 aliphatic rings. The van der Waals surface area contributed by atoms with E-state index in [1.165, 1.54) is 0 Å². The van der Waals surface area contributed by atoms with Gasteiger partial charge in [0, 0.05) is 6.20 Å². The van der Waals surface area contributed by atoms with E-state index in [0.29, 0.717) is 6.20 Å². The first kappa shape index (κ1) is 11.0. The Labute approximate surface area is 84.7 Å². The Morgan fingerprint density at radius 1 is 1.50 bits per heavy atom. The van der Waals surface area contributed by atoms with Crippen LogP contribution >= 0.6 is 15.9 Å². The first-order chi connectivity index (χ1) is 6.32. The minimum Gasteiger partial charge on any atom is -0.478 e. The van der Waals surface area contributed by atoms with E-state index in [2.05, 4.69) is 20.9 Å². The van der Waals surface area contributed by atoms with Gasteiger partial charge in [-0.3, -0.25) is 0 Å². The fourth-order valence-corrected chi connectivity index (χ4v) is 1.16. The summed E-state index contributed by atoms with van der Waals surface area (Å²) in [5.41, 5.74) is -2.08. The quantitative estimate of drug-likeness (QED) is 0.798. The van der Waals surface area contributed by atoms with Crippen molar-refractivity contribution in [2.24, 2.45) is 0 Å². The van der Waals surface area contributed by atoms with Crippen LogP contribution in [0.25, 0.3) is 0 Å². The van der Waals surface area contributed by atoms with E-state index in [4.69, 9.17) is 5.11 Å². The SMILES string of the molecule is O=C(O)c1cc(Br)ncc1C(F)(F)F. The van der Waals surface area contributed by atoms with Gasteiger partial charge in [-0.25, -0.2) is 9.78 Å². The summed E-state index contributed by atoms with van der Waals surface area (Å²) in [6.07, 6.45) is -4.23. The second kappa shape index (κ2) is 3.56. The van der Waals surface area contributed by atoms with E-state index in [-0.39, 0.29) is 4.60 Å². The number of nitrogens with zero attached hydrogens (tertiary/aromatic N) is 1. The molecule has 1 aromatic rings. The minimum atomic E-state index is -4.71. The van der Waals surface area contributed by atoms with E-state index in [1.54, 1.807) is 0 Å². The fraction of sp³-hybridized carbons (Fsp3) is 0.143. The Hall–Kier alpha value is -1.11. The average Bonchev–Trinajstić information content (AvgIpc) is 2.01. The highest BCUT2D eigenvalue weighted by atomic mass is 79.9. The topological polar surface area (TPSA) is 50.2 Å². The monoisotopic (exact) mass is 269 g/mol. The maximum absolute atomic E-state index is 12.2. The number of hydrogen-bond donors (Lipinski definition) is 1. The number of carboxylic acids is 1. The number of rotatable bonds is 1. The molecule has 0 aliphatic heterocycles. The molecular formula is C7H3BrF3NO2. The zero-order valence-electron chi connectivity index (χ0n) is 6.47. The number of hydrogen-bond acceptors (Lipinski definition) is 2. The minimum absolute atomic E-state index is 0.0444. The molecule has 0 unspecified atom stereocenters. The second-order valence-electron chi connectivity index (χ2n) is 2.36. The highest BCUT2D eigenvalue weighted by molar-refractivity contribution is 9.10. The first-order valence-electron chi connectivity index (χ1n) is 3.28. The fourth-order valence-electron chi connectivity index (χ4n) is 0.833. The Bertz CT molecular complexity index is 378. The third-order valence-electron chi connectivity index (χ3n) is 1.41. The predicted octanol–water partition coefficient (Wildman–Crippen LogP) is 2.56. The number of carbonyl (C=O) groups is 1. The van der Waals surface area contributed by atoms with Crippen molar-refractivity contribution in [3.63, 3.8) is 0 Å². The van der Waals surface area contributed by atoms with Crippen LogP contribution < -0.4 is 0 Å². The Kier molecular flexibility index (Phi) is 2.79. The molecule has 0 atom stereocenters. The van der Waals surface area contributed by atoms with Crippen LogP contribution in [0, 0.1) is 0 Å². The molecule has 0 amide bonds. The maximum atomic E-state index is 12.2. The third kappa shape index (κ3) is 2.22. The summed E-state index contributed by atoms with van der Waals surface area (Å²) in [5, 5.41) is 8.50. The van der Waals surface area contributed by atoms with Gasteiger partial charge >= 0.3 is 12.1 Å². The highest BCUT2D eigenvalue weighted by Crippen LogP contribution is 2.32. The van der Waals surface area contributed by atoms with E-state index < -0.39 is 23.3 Å². The number of alkyl halides is 3.